The van der Waals surface area contributed by atoms with E-state index in [1.807, 2.05) is 44.2 Å². The van der Waals surface area contributed by atoms with E-state index in [0.29, 0.717) is 30.4 Å². The average molecular weight is 632 g/mol. The molecule has 2 aromatic carbocycles. The molecule has 0 heterocycles. The van der Waals surface area contributed by atoms with Crippen molar-refractivity contribution in [2.24, 2.45) is 5.92 Å². The number of alkyl carbamates (subject to hydrolysis) is 1. The summed E-state index contributed by atoms with van der Waals surface area (Å²) in [4.78, 5) is 57.1. The van der Waals surface area contributed by atoms with E-state index < -0.39 is 53.2 Å². The second-order valence-electron chi connectivity index (χ2n) is 13.9. The minimum Gasteiger partial charge on any atom is -0.458 e. The average Bonchev–Trinajstić information content (AvgIpc) is 3.81. The van der Waals surface area contributed by atoms with Gasteiger partial charge >= 0.3 is 12.1 Å². The number of rotatable bonds is 12. The van der Waals surface area contributed by atoms with Gasteiger partial charge in [-0.05, 0) is 77.5 Å². The number of nitrogens with one attached hydrogen (secondary N) is 2. The second kappa shape index (κ2) is 15.3. The first-order chi connectivity index (χ1) is 21.5. The molecule has 4 atom stereocenters. The van der Waals surface area contributed by atoms with Crippen molar-refractivity contribution >= 4 is 23.9 Å². The summed E-state index contributed by atoms with van der Waals surface area (Å²) in [7, 11) is 0. The van der Waals surface area contributed by atoms with Crippen LogP contribution in [0.3, 0.4) is 0 Å². The number of carbonyl (C=O) groups is 4. The summed E-state index contributed by atoms with van der Waals surface area (Å²) in [5.41, 5.74) is 0.155. The van der Waals surface area contributed by atoms with Crippen LogP contribution >= 0.6 is 0 Å². The Morgan fingerprint density at radius 1 is 0.913 bits per heavy atom. The third-order valence-corrected chi connectivity index (χ3v) is 7.57. The molecule has 1 aliphatic rings. The third kappa shape index (κ3) is 10.4. The lowest BCUT2D eigenvalue weighted by Gasteiger charge is -2.37. The van der Waals surface area contributed by atoms with Crippen LogP contribution in [0, 0.1) is 18.3 Å². The zero-order valence-electron chi connectivity index (χ0n) is 28.4. The lowest BCUT2D eigenvalue weighted by atomic mass is 9.93. The Kier molecular flexibility index (Phi) is 12.0. The topological polar surface area (TPSA) is 114 Å². The van der Waals surface area contributed by atoms with Crippen LogP contribution in [0.25, 0.3) is 0 Å². The van der Waals surface area contributed by atoms with Gasteiger partial charge in [-0.2, -0.15) is 0 Å². The molecular formula is C37H49N3O6. The summed E-state index contributed by atoms with van der Waals surface area (Å²) in [5.74, 6) is 0.782. The molecule has 248 valence electrons. The first kappa shape index (κ1) is 36.2. The number of hydrogen-bond acceptors (Lipinski definition) is 6. The monoisotopic (exact) mass is 631 g/mol. The van der Waals surface area contributed by atoms with E-state index in [9.17, 15) is 19.2 Å². The van der Waals surface area contributed by atoms with E-state index in [4.69, 9.17) is 15.9 Å². The van der Waals surface area contributed by atoms with E-state index in [1.165, 1.54) is 4.90 Å². The van der Waals surface area contributed by atoms with Crippen LogP contribution in [0.2, 0.25) is 0 Å². The quantitative estimate of drug-likeness (QED) is 0.229. The van der Waals surface area contributed by atoms with Crippen molar-refractivity contribution in [3.63, 3.8) is 0 Å². The molecule has 1 fully saturated rings. The second-order valence-corrected chi connectivity index (χ2v) is 13.9. The fraction of sp³-hybridized carbons (Fsp3) is 0.514. The Balaban J connectivity index is 2.09. The Labute approximate surface area is 273 Å². The van der Waals surface area contributed by atoms with Crippen LogP contribution < -0.4 is 10.6 Å². The van der Waals surface area contributed by atoms with Crippen molar-refractivity contribution in [3.8, 4) is 12.3 Å². The van der Waals surface area contributed by atoms with Crippen molar-refractivity contribution in [2.75, 3.05) is 0 Å². The smallest absolute Gasteiger partial charge is 0.408 e. The Hall–Kier alpha value is -4.32. The van der Waals surface area contributed by atoms with E-state index in [-0.39, 0.29) is 18.4 Å². The standard InChI is InChI=1S/C37H49N3O6/c1-10-24(3)30(39-35(44)46-37(7,8)9)33(42)40(27-21-22-27)31(28-20-16-15-19-26(28)11-2)32(41)38-29(34(43)45-36(4,5)6)23-25-17-13-12-14-18-25/h2,12-20,24,27,29-31H,10,21-23H2,1,3-9H3,(H,38,41)(H,39,44). The molecule has 4 unspecified atom stereocenters. The summed E-state index contributed by atoms with van der Waals surface area (Å²) < 4.78 is 11.2. The zero-order chi connectivity index (χ0) is 34.2. The number of amides is 3. The van der Waals surface area contributed by atoms with Crippen LogP contribution in [-0.4, -0.2) is 58.1 Å². The van der Waals surface area contributed by atoms with Crippen molar-refractivity contribution in [1.29, 1.82) is 0 Å². The van der Waals surface area contributed by atoms with Crippen molar-refractivity contribution in [2.45, 2.75) is 116 Å². The number of terminal acetylenes is 1. The minimum absolute atomic E-state index is 0.179. The Bertz CT molecular complexity index is 1420. The highest BCUT2D eigenvalue weighted by Crippen LogP contribution is 2.37. The van der Waals surface area contributed by atoms with Crippen molar-refractivity contribution in [3.05, 3.63) is 71.3 Å². The molecule has 9 heteroatoms. The van der Waals surface area contributed by atoms with Gasteiger partial charge in [0.2, 0.25) is 11.8 Å². The van der Waals surface area contributed by atoms with Crippen LogP contribution in [0.5, 0.6) is 0 Å². The molecule has 0 radical (unpaired) electrons. The molecule has 9 nitrogen and oxygen atoms in total. The molecule has 3 amide bonds. The molecule has 0 aromatic heterocycles. The lowest BCUT2D eigenvalue weighted by Crippen LogP contribution is -2.57. The Morgan fingerprint density at radius 3 is 2.04 bits per heavy atom. The SMILES string of the molecule is C#Cc1ccccc1C(C(=O)NC(Cc1ccccc1)C(=O)OC(C)(C)C)N(C(=O)C(NC(=O)OC(C)(C)C)C(C)CC)C1CC1. The van der Waals surface area contributed by atoms with Gasteiger partial charge in [-0.1, -0.05) is 74.7 Å². The van der Waals surface area contributed by atoms with Crippen LogP contribution in [0.15, 0.2) is 54.6 Å². The maximum atomic E-state index is 14.6. The highest BCUT2D eigenvalue weighted by molar-refractivity contribution is 5.94. The van der Waals surface area contributed by atoms with Gasteiger partial charge in [-0.25, -0.2) is 9.59 Å². The summed E-state index contributed by atoms with van der Waals surface area (Å²) in [6, 6.07) is 12.8. The molecular weight excluding hydrogens is 582 g/mol. The summed E-state index contributed by atoms with van der Waals surface area (Å²) in [5, 5.41) is 5.70. The Morgan fingerprint density at radius 2 is 1.50 bits per heavy atom. The minimum atomic E-state index is -1.18. The van der Waals surface area contributed by atoms with E-state index >= 15 is 0 Å². The molecule has 46 heavy (non-hydrogen) atoms. The van der Waals surface area contributed by atoms with Gasteiger partial charge in [-0.15, -0.1) is 6.42 Å². The van der Waals surface area contributed by atoms with Crippen LogP contribution in [0.1, 0.15) is 97.4 Å². The normalized spacial score (nSPS) is 15.7. The fourth-order valence-electron chi connectivity index (χ4n) is 5.10. The van der Waals surface area contributed by atoms with Gasteiger partial charge < -0.3 is 25.0 Å². The first-order valence-electron chi connectivity index (χ1n) is 16.0. The van der Waals surface area contributed by atoms with Crippen molar-refractivity contribution < 1.29 is 28.7 Å². The van der Waals surface area contributed by atoms with Gasteiger partial charge in [0.15, 0.2) is 0 Å². The molecule has 0 saturated heterocycles. The number of ether oxygens (including phenoxy) is 2. The summed E-state index contributed by atoms with van der Waals surface area (Å²) in [6.45, 7) is 14.3. The molecule has 2 N–H and O–H groups in total. The van der Waals surface area contributed by atoms with Crippen molar-refractivity contribution in [1.82, 2.24) is 15.5 Å². The van der Waals surface area contributed by atoms with E-state index in [1.54, 1.807) is 65.8 Å². The largest absolute Gasteiger partial charge is 0.458 e. The fourth-order valence-corrected chi connectivity index (χ4v) is 5.10. The predicted octanol–water partition coefficient (Wildman–Crippen LogP) is 5.71. The number of nitrogens with zero attached hydrogens (tertiary/aromatic N) is 1. The highest BCUT2D eigenvalue weighted by atomic mass is 16.6. The van der Waals surface area contributed by atoms with Gasteiger partial charge in [-0.3, -0.25) is 9.59 Å². The molecule has 3 rings (SSSR count). The molecule has 1 aliphatic carbocycles. The van der Waals surface area contributed by atoms with Crippen LogP contribution in [-0.2, 0) is 30.3 Å². The molecule has 0 aliphatic heterocycles. The molecule has 0 bridgehead atoms. The lowest BCUT2D eigenvalue weighted by molar-refractivity contribution is -0.159. The predicted molar refractivity (Wildman–Crippen MR) is 178 cm³/mol. The van der Waals surface area contributed by atoms with Gasteiger partial charge in [0.25, 0.3) is 0 Å². The van der Waals surface area contributed by atoms with Gasteiger partial charge in [0, 0.05) is 18.0 Å². The van der Waals surface area contributed by atoms with E-state index in [2.05, 4.69) is 16.6 Å². The first-order valence-corrected chi connectivity index (χ1v) is 16.0. The number of benzene rings is 2. The number of carbonyl (C=O) groups excluding carboxylic acids is 4. The number of esters is 1. The van der Waals surface area contributed by atoms with Gasteiger partial charge in [0.05, 0.1) is 0 Å². The highest BCUT2D eigenvalue weighted by Gasteiger charge is 2.46. The molecule has 1 saturated carbocycles. The summed E-state index contributed by atoms with van der Waals surface area (Å²) >= 11 is 0. The summed E-state index contributed by atoms with van der Waals surface area (Å²) in [6.07, 6.45) is 7.29. The van der Waals surface area contributed by atoms with Crippen LogP contribution in [0.4, 0.5) is 4.79 Å². The molecule has 2 aromatic rings. The molecule has 0 spiro atoms. The third-order valence-electron chi connectivity index (χ3n) is 7.57. The van der Waals surface area contributed by atoms with E-state index in [0.717, 1.165) is 5.56 Å². The van der Waals surface area contributed by atoms with Gasteiger partial charge in [0.1, 0.15) is 29.3 Å². The zero-order valence-corrected chi connectivity index (χ0v) is 28.4. The number of hydrogen-bond donors (Lipinski definition) is 2. The maximum absolute atomic E-state index is 14.6. The maximum Gasteiger partial charge on any atom is 0.408 e.